The second-order valence-electron chi connectivity index (χ2n) is 11.1. The van der Waals surface area contributed by atoms with Crippen molar-refractivity contribution in [2.75, 3.05) is 0 Å². The van der Waals surface area contributed by atoms with E-state index < -0.39 is 0 Å². The molecule has 4 nitrogen and oxygen atoms in total. The van der Waals surface area contributed by atoms with Crippen LogP contribution in [0.4, 0.5) is 0 Å². The first-order chi connectivity index (χ1) is 21.5. The van der Waals surface area contributed by atoms with Gasteiger partial charge in [0.25, 0.3) is 0 Å². The van der Waals surface area contributed by atoms with E-state index in [0.717, 1.165) is 43.1 Å². The molecule has 0 aliphatic rings. The van der Waals surface area contributed by atoms with Gasteiger partial charge in [0.15, 0.2) is 0 Å². The summed E-state index contributed by atoms with van der Waals surface area (Å²) < 4.78 is 0. The van der Waals surface area contributed by atoms with E-state index in [1.807, 2.05) is 121 Å². The van der Waals surface area contributed by atoms with Crippen molar-refractivity contribution in [1.29, 1.82) is 0 Å². The van der Waals surface area contributed by atoms with Crippen LogP contribution in [0.2, 0.25) is 0 Å². The Morgan fingerprint density at radius 2 is 0.614 bits per heavy atom. The van der Waals surface area contributed by atoms with Crippen LogP contribution in [-0.4, -0.2) is 20.4 Å². The fraction of sp³-hybridized carbons (Fsp3) is 0. The van der Waals surface area contributed by atoms with Gasteiger partial charge >= 0.3 is 0 Å². The molecule has 8 aromatic rings. The standard InChI is InChI=1S/C40H26O4/c41-33-19-17-23-9-1-5-13-27(23)35(33)37-29-15-7-3-11-25(29)21-31(39(37)43)32-22-26-12-4-8-16-30(26)38(40(32)44)36-28-14-6-2-10-24(28)18-20-34(36)42/h1-22,41-44H. The lowest BCUT2D eigenvalue weighted by atomic mass is 9.85. The fourth-order valence-electron chi connectivity index (χ4n) is 6.64. The lowest BCUT2D eigenvalue weighted by Gasteiger charge is -2.20. The maximum Gasteiger partial charge on any atom is 0.132 e. The second-order valence-corrected chi connectivity index (χ2v) is 11.1. The molecule has 4 heteroatoms. The number of benzene rings is 8. The van der Waals surface area contributed by atoms with Crippen LogP contribution in [0, 0.1) is 0 Å². The number of aromatic hydroxyl groups is 4. The third-order valence-corrected chi connectivity index (χ3v) is 8.65. The zero-order valence-electron chi connectivity index (χ0n) is 23.5. The monoisotopic (exact) mass is 570 g/mol. The molecule has 0 aliphatic carbocycles. The van der Waals surface area contributed by atoms with Crippen molar-refractivity contribution in [2.45, 2.75) is 0 Å². The molecule has 44 heavy (non-hydrogen) atoms. The first-order valence-electron chi connectivity index (χ1n) is 14.4. The molecule has 0 aliphatic heterocycles. The Hall–Kier alpha value is -6.00. The van der Waals surface area contributed by atoms with Gasteiger partial charge in [0.05, 0.1) is 0 Å². The van der Waals surface area contributed by atoms with Gasteiger partial charge in [0.2, 0.25) is 0 Å². The van der Waals surface area contributed by atoms with Crippen LogP contribution in [0.5, 0.6) is 23.0 Å². The average Bonchev–Trinajstić information content (AvgIpc) is 3.05. The molecule has 0 amide bonds. The third kappa shape index (κ3) is 3.78. The molecule has 0 fully saturated rings. The Morgan fingerprint density at radius 1 is 0.295 bits per heavy atom. The smallest absolute Gasteiger partial charge is 0.132 e. The van der Waals surface area contributed by atoms with E-state index >= 15 is 0 Å². The quantitative estimate of drug-likeness (QED) is 0.170. The molecule has 0 saturated heterocycles. The van der Waals surface area contributed by atoms with Crippen molar-refractivity contribution in [3.8, 4) is 56.4 Å². The van der Waals surface area contributed by atoms with E-state index in [0.29, 0.717) is 33.4 Å². The van der Waals surface area contributed by atoms with Crippen molar-refractivity contribution in [3.63, 3.8) is 0 Å². The van der Waals surface area contributed by atoms with Gasteiger partial charge in [-0.15, -0.1) is 0 Å². The summed E-state index contributed by atoms with van der Waals surface area (Å²) >= 11 is 0. The zero-order valence-corrected chi connectivity index (χ0v) is 23.5. The minimum Gasteiger partial charge on any atom is -0.507 e. The zero-order chi connectivity index (χ0) is 29.9. The van der Waals surface area contributed by atoms with Crippen molar-refractivity contribution in [3.05, 3.63) is 133 Å². The summed E-state index contributed by atoms with van der Waals surface area (Å²) in [6, 6.07) is 41.7. The van der Waals surface area contributed by atoms with E-state index in [-0.39, 0.29) is 23.0 Å². The Labute approximate surface area is 253 Å². The predicted molar refractivity (Wildman–Crippen MR) is 179 cm³/mol. The highest BCUT2D eigenvalue weighted by Crippen LogP contribution is 2.53. The van der Waals surface area contributed by atoms with Gasteiger partial charge in [-0.1, -0.05) is 109 Å². The van der Waals surface area contributed by atoms with Crippen molar-refractivity contribution in [1.82, 2.24) is 0 Å². The molecule has 0 saturated carbocycles. The SMILES string of the molecule is Oc1ccc2ccccc2c1-c1c(O)c(-c2cc3ccccc3c(-c3c(O)ccc4ccccc34)c2O)cc2ccccc12. The molecule has 0 radical (unpaired) electrons. The van der Waals surface area contributed by atoms with Crippen molar-refractivity contribution in [2.24, 2.45) is 0 Å². The first kappa shape index (κ1) is 25.7. The summed E-state index contributed by atoms with van der Waals surface area (Å²) in [6.07, 6.45) is 0. The van der Waals surface area contributed by atoms with Crippen LogP contribution in [0.3, 0.4) is 0 Å². The summed E-state index contributed by atoms with van der Waals surface area (Å²) in [5.41, 5.74) is 2.83. The maximum absolute atomic E-state index is 12.2. The summed E-state index contributed by atoms with van der Waals surface area (Å²) in [5, 5.41) is 53.5. The summed E-state index contributed by atoms with van der Waals surface area (Å²) in [6.45, 7) is 0. The molecule has 0 heterocycles. The lowest BCUT2D eigenvalue weighted by molar-refractivity contribution is 0.467. The molecule has 8 rings (SSSR count). The first-order valence-corrected chi connectivity index (χ1v) is 14.4. The second kappa shape index (κ2) is 9.79. The number of hydrogen-bond donors (Lipinski definition) is 4. The molecule has 0 bridgehead atoms. The molecule has 0 atom stereocenters. The van der Waals surface area contributed by atoms with Crippen LogP contribution in [0.25, 0.3) is 76.5 Å². The largest absolute Gasteiger partial charge is 0.507 e. The van der Waals surface area contributed by atoms with E-state index in [9.17, 15) is 20.4 Å². The Morgan fingerprint density at radius 3 is 1.00 bits per heavy atom. The Balaban J connectivity index is 1.52. The van der Waals surface area contributed by atoms with Crippen LogP contribution < -0.4 is 0 Å². The van der Waals surface area contributed by atoms with Gasteiger partial charge in [0, 0.05) is 33.4 Å². The van der Waals surface area contributed by atoms with Crippen LogP contribution in [-0.2, 0) is 0 Å². The van der Waals surface area contributed by atoms with Gasteiger partial charge in [-0.3, -0.25) is 0 Å². The van der Waals surface area contributed by atoms with Gasteiger partial charge < -0.3 is 20.4 Å². The molecule has 0 aromatic heterocycles. The number of phenolic OH excluding ortho intramolecular Hbond substituents is 4. The van der Waals surface area contributed by atoms with Crippen LogP contribution in [0.15, 0.2) is 133 Å². The normalized spacial score (nSPS) is 11.5. The van der Waals surface area contributed by atoms with E-state index in [1.165, 1.54) is 0 Å². The van der Waals surface area contributed by atoms with Crippen molar-refractivity contribution < 1.29 is 20.4 Å². The minimum absolute atomic E-state index is 0.0467. The topological polar surface area (TPSA) is 80.9 Å². The Kier molecular flexibility index (Phi) is 5.71. The summed E-state index contributed by atoms with van der Waals surface area (Å²) in [7, 11) is 0. The summed E-state index contributed by atoms with van der Waals surface area (Å²) in [5.74, 6) is -0.0288. The van der Waals surface area contributed by atoms with Gasteiger partial charge in [-0.05, 0) is 67.4 Å². The van der Waals surface area contributed by atoms with E-state index in [2.05, 4.69) is 0 Å². The minimum atomic E-state index is -0.0611. The number of rotatable bonds is 3. The van der Waals surface area contributed by atoms with Gasteiger partial charge in [-0.25, -0.2) is 0 Å². The highest BCUT2D eigenvalue weighted by molar-refractivity contribution is 6.15. The van der Waals surface area contributed by atoms with Gasteiger partial charge in [-0.2, -0.15) is 0 Å². The lowest BCUT2D eigenvalue weighted by Crippen LogP contribution is -1.93. The van der Waals surface area contributed by atoms with E-state index in [1.54, 1.807) is 12.1 Å². The highest BCUT2D eigenvalue weighted by Gasteiger charge is 2.25. The van der Waals surface area contributed by atoms with E-state index in [4.69, 9.17) is 0 Å². The third-order valence-electron chi connectivity index (χ3n) is 8.65. The van der Waals surface area contributed by atoms with Crippen LogP contribution in [0.1, 0.15) is 0 Å². The highest BCUT2D eigenvalue weighted by atomic mass is 16.3. The van der Waals surface area contributed by atoms with Crippen LogP contribution >= 0.6 is 0 Å². The molecular weight excluding hydrogens is 544 g/mol. The molecule has 8 aromatic carbocycles. The Bertz CT molecular complexity index is 2270. The average molecular weight is 571 g/mol. The summed E-state index contributed by atoms with van der Waals surface area (Å²) in [4.78, 5) is 0. The van der Waals surface area contributed by atoms with Gasteiger partial charge in [0.1, 0.15) is 23.0 Å². The predicted octanol–water partition coefficient (Wildman–Crippen LogP) is 10.1. The number of fused-ring (bicyclic) bond motifs is 4. The molecule has 0 spiro atoms. The fourth-order valence-corrected chi connectivity index (χ4v) is 6.64. The molecule has 4 N–H and O–H groups in total. The molecular formula is C40H26O4. The number of hydrogen-bond acceptors (Lipinski definition) is 4. The van der Waals surface area contributed by atoms with Crippen molar-refractivity contribution >= 4 is 43.1 Å². The molecule has 210 valence electrons. The number of phenols is 4. The maximum atomic E-state index is 12.2. The molecule has 0 unspecified atom stereocenters.